The third kappa shape index (κ3) is 3.77. The molecule has 1 atom stereocenters. The van der Waals surface area contributed by atoms with E-state index in [2.05, 4.69) is 5.32 Å². The second kappa shape index (κ2) is 6.96. The molecule has 5 heteroatoms. The number of rotatable bonds is 5. The summed E-state index contributed by atoms with van der Waals surface area (Å²) in [5.74, 6) is -3.84. The topological polar surface area (TPSA) is 12.0 Å². The van der Waals surface area contributed by atoms with E-state index in [1.54, 1.807) is 24.3 Å². The van der Waals surface area contributed by atoms with Crippen LogP contribution < -0.4 is 5.32 Å². The lowest BCUT2D eigenvalue weighted by Crippen LogP contribution is -2.23. The fraction of sp³-hybridized carbons (Fsp3) is 0.250. The number of halogens is 4. The van der Waals surface area contributed by atoms with Crippen molar-refractivity contribution >= 4 is 11.6 Å². The number of nitrogens with one attached hydrogen (secondary N) is 1. The minimum absolute atomic E-state index is 0.335. The quantitative estimate of drug-likeness (QED) is 0.778. The van der Waals surface area contributed by atoms with E-state index in [0.717, 1.165) is 24.1 Å². The predicted octanol–water partition coefficient (Wildman–Crippen LogP) is 4.85. The lowest BCUT2D eigenvalue weighted by atomic mass is 9.98. The van der Waals surface area contributed by atoms with E-state index >= 15 is 0 Å². The van der Waals surface area contributed by atoms with Gasteiger partial charge in [0.25, 0.3) is 0 Å². The molecule has 112 valence electrons. The Morgan fingerprint density at radius 2 is 1.57 bits per heavy atom. The van der Waals surface area contributed by atoms with Crippen LogP contribution in [-0.2, 0) is 0 Å². The van der Waals surface area contributed by atoms with Crippen LogP contribution in [0.15, 0.2) is 36.4 Å². The Morgan fingerprint density at radius 1 is 1.00 bits per heavy atom. The van der Waals surface area contributed by atoms with Gasteiger partial charge in [0.2, 0.25) is 0 Å². The van der Waals surface area contributed by atoms with E-state index < -0.39 is 23.5 Å². The van der Waals surface area contributed by atoms with E-state index in [-0.39, 0.29) is 0 Å². The molecule has 21 heavy (non-hydrogen) atoms. The van der Waals surface area contributed by atoms with Gasteiger partial charge in [0.05, 0.1) is 6.04 Å². The molecule has 0 radical (unpaired) electrons. The zero-order valence-electron chi connectivity index (χ0n) is 11.5. The van der Waals surface area contributed by atoms with E-state index in [1.807, 2.05) is 6.92 Å². The van der Waals surface area contributed by atoms with Gasteiger partial charge in [0.15, 0.2) is 17.5 Å². The minimum atomic E-state index is -1.45. The minimum Gasteiger partial charge on any atom is -0.306 e. The van der Waals surface area contributed by atoms with Gasteiger partial charge in [-0.3, -0.25) is 0 Å². The van der Waals surface area contributed by atoms with Crippen LogP contribution in [0.3, 0.4) is 0 Å². The van der Waals surface area contributed by atoms with Crippen molar-refractivity contribution < 1.29 is 13.2 Å². The van der Waals surface area contributed by atoms with Crippen molar-refractivity contribution in [3.63, 3.8) is 0 Å². The summed E-state index contributed by atoms with van der Waals surface area (Å²) >= 11 is 5.85. The summed E-state index contributed by atoms with van der Waals surface area (Å²) in [4.78, 5) is 0. The molecule has 2 aromatic carbocycles. The Hall–Kier alpha value is -1.52. The summed E-state index contributed by atoms with van der Waals surface area (Å²) in [7, 11) is 0. The molecule has 0 aliphatic carbocycles. The van der Waals surface area contributed by atoms with Gasteiger partial charge in [-0.15, -0.1) is 0 Å². The highest BCUT2D eigenvalue weighted by atomic mass is 35.5. The molecular weight excluding hydrogens is 299 g/mol. The molecule has 1 unspecified atom stereocenters. The third-order valence-electron chi connectivity index (χ3n) is 3.14. The number of hydrogen-bond donors (Lipinski definition) is 1. The Morgan fingerprint density at radius 3 is 2.10 bits per heavy atom. The summed E-state index contributed by atoms with van der Waals surface area (Å²) in [6.45, 7) is 2.64. The maximum atomic E-state index is 13.4. The average Bonchev–Trinajstić information content (AvgIpc) is 2.46. The van der Waals surface area contributed by atoms with Crippen LogP contribution in [0, 0.1) is 17.5 Å². The van der Waals surface area contributed by atoms with Crippen molar-refractivity contribution in [1.82, 2.24) is 5.32 Å². The SMILES string of the molecule is CCCNC(c1ccc(Cl)cc1)c1cc(F)c(F)c(F)c1. The van der Waals surface area contributed by atoms with Crippen LogP contribution in [0.2, 0.25) is 5.02 Å². The molecule has 0 spiro atoms. The van der Waals surface area contributed by atoms with Gasteiger partial charge >= 0.3 is 0 Å². The molecule has 1 N–H and O–H groups in total. The van der Waals surface area contributed by atoms with Gasteiger partial charge < -0.3 is 5.32 Å². The lowest BCUT2D eigenvalue weighted by Gasteiger charge is -2.20. The van der Waals surface area contributed by atoms with Gasteiger partial charge in [-0.1, -0.05) is 30.7 Å². The van der Waals surface area contributed by atoms with E-state index in [1.165, 1.54) is 0 Å². The molecule has 0 bridgehead atoms. The van der Waals surface area contributed by atoms with Crippen molar-refractivity contribution in [1.29, 1.82) is 0 Å². The highest BCUT2D eigenvalue weighted by Crippen LogP contribution is 2.26. The summed E-state index contributed by atoms with van der Waals surface area (Å²) in [5, 5.41) is 3.77. The molecule has 0 amide bonds. The molecule has 0 saturated carbocycles. The third-order valence-corrected chi connectivity index (χ3v) is 3.39. The summed E-state index contributed by atoms with van der Waals surface area (Å²) in [5.41, 5.74) is 1.14. The fourth-order valence-corrected chi connectivity index (χ4v) is 2.24. The van der Waals surface area contributed by atoms with E-state index in [9.17, 15) is 13.2 Å². The van der Waals surface area contributed by atoms with Crippen molar-refractivity contribution in [2.24, 2.45) is 0 Å². The van der Waals surface area contributed by atoms with Crippen LogP contribution in [-0.4, -0.2) is 6.54 Å². The molecule has 0 saturated heterocycles. The highest BCUT2D eigenvalue weighted by molar-refractivity contribution is 6.30. The van der Waals surface area contributed by atoms with Crippen molar-refractivity contribution in [3.05, 3.63) is 70.0 Å². The maximum absolute atomic E-state index is 13.4. The van der Waals surface area contributed by atoms with E-state index in [0.29, 0.717) is 17.1 Å². The Labute approximate surface area is 126 Å². The normalized spacial score (nSPS) is 12.4. The fourth-order valence-electron chi connectivity index (χ4n) is 2.11. The van der Waals surface area contributed by atoms with Crippen molar-refractivity contribution in [2.75, 3.05) is 6.54 Å². The van der Waals surface area contributed by atoms with Crippen LogP contribution in [0.5, 0.6) is 0 Å². The van der Waals surface area contributed by atoms with Crippen LogP contribution in [0.4, 0.5) is 13.2 Å². The second-order valence-electron chi connectivity index (χ2n) is 4.74. The van der Waals surface area contributed by atoms with Crippen LogP contribution >= 0.6 is 11.6 Å². The molecule has 0 aromatic heterocycles. The number of hydrogen-bond acceptors (Lipinski definition) is 1. The Bertz CT molecular complexity index is 590. The first-order valence-corrected chi connectivity index (χ1v) is 7.04. The van der Waals surface area contributed by atoms with E-state index in [4.69, 9.17) is 11.6 Å². The molecule has 0 heterocycles. The van der Waals surface area contributed by atoms with Gasteiger partial charge in [-0.25, -0.2) is 13.2 Å². The molecule has 2 aromatic rings. The first-order chi connectivity index (χ1) is 10.0. The smallest absolute Gasteiger partial charge is 0.194 e. The second-order valence-corrected chi connectivity index (χ2v) is 5.17. The van der Waals surface area contributed by atoms with Gasteiger partial charge in [0, 0.05) is 5.02 Å². The Balaban J connectivity index is 2.42. The van der Waals surface area contributed by atoms with Crippen molar-refractivity contribution in [3.8, 4) is 0 Å². The maximum Gasteiger partial charge on any atom is 0.194 e. The summed E-state index contributed by atoms with van der Waals surface area (Å²) in [6, 6.07) is 8.55. The Kier molecular flexibility index (Phi) is 5.26. The largest absolute Gasteiger partial charge is 0.306 e. The standard InChI is InChI=1S/C16H15ClF3N/c1-2-7-21-16(10-3-5-12(17)6-4-10)11-8-13(18)15(20)14(19)9-11/h3-6,8-9,16,21H,2,7H2,1H3. The number of benzene rings is 2. The lowest BCUT2D eigenvalue weighted by molar-refractivity contribution is 0.442. The molecule has 2 rings (SSSR count). The average molecular weight is 314 g/mol. The van der Waals surface area contributed by atoms with Crippen LogP contribution in [0.1, 0.15) is 30.5 Å². The molecule has 1 nitrogen and oxygen atoms in total. The summed E-state index contributed by atoms with van der Waals surface area (Å²) < 4.78 is 40.0. The molecule has 0 aliphatic heterocycles. The van der Waals surface area contributed by atoms with Crippen molar-refractivity contribution in [2.45, 2.75) is 19.4 Å². The highest BCUT2D eigenvalue weighted by Gasteiger charge is 2.18. The van der Waals surface area contributed by atoms with Gasteiger partial charge in [-0.2, -0.15) is 0 Å². The monoisotopic (exact) mass is 313 g/mol. The van der Waals surface area contributed by atoms with Gasteiger partial charge in [-0.05, 0) is 48.4 Å². The van der Waals surface area contributed by atoms with Crippen LogP contribution in [0.25, 0.3) is 0 Å². The predicted molar refractivity (Wildman–Crippen MR) is 77.9 cm³/mol. The zero-order valence-corrected chi connectivity index (χ0v) is 12.2. The zero-order chi connectivity index (χ0) is 15.4. The van der Waals surface area contributed by atoms with Gasteiger partial charge in [0.1, 0.15) is 0 Å². The first-order valence-electron chi connectivity index (χ1n) is 6.66. The molecule has 0 fully saturated rings. The summed E-state index contributed by atoms with van der Waals surface area (Å²) in [6.07, 6.45) is 0.857. The first kappa shape index (κ1) is 15.9. The molecule has 0 aliphatic rings. The molecular formula is C16H15ClF3N.